The van der Waals surface area contributed by atoms with Gasteiger partial charge in [-0.05, 0) is 25.1 Å². The number of ether oxygens (including phenoxy) is 1. The number of pyridine rings is 1. The lowest BCUT2D eigenvalue weighted by molar-refractivity contribution is 0.0516. The van der Waals surface area contributed by atoms with Crippen LogP contribution in [0.2, 0.25) is 0 Å². The van der Waals surface area contributed by atoms with Crippen molar-refractivity contribution in [2.75, 3.05) is 6.61 Å². The molecule has 0 radical (unpaired) electrons. The quantitative estimate of drug-likeness (QED) is 0.561. The number of fused-ring (bicyclic) bond motifs is 3. The second-order valence-corrected chi connectivity index (χ2v) is 5.90. The smallest absolute Gasteiger partial charge is 0.360 e. The lowest BCUT2D eigenvalue weighted by Crippen LogP contribution is -2.09. The van der Waals surface area contributed by atoms with Crippen LogP contribution in [0, 0.1) is 11.3 Å². The van der Waals surface area contributed by atoms with Gasteiger partial charge in [0.1, 0.15) is 11.6 Å². The Morgan fingerprint density at radius 1 is 1.19 bits per heavy atom. The maximum atomic E-state index is 12.3. The normalized spacial score (nSPS) is 10.8. The molecule has 0 atom stereocenters. The first kappa shape index (κ1) is 16.6. The molecule has 132 valence electrons. The molecular formula is C21H15N3O3. The molecule has 27 heavy (non-hydrogen) atoms. The molecule has 0 fully saturated rings. The van der Waals surface area contributed by atoms with Gasteiger partial charge in [0.05, 0.1) is 12.1 Å². The Bertz CT molecular complexity index is 1220. The highest BCUT2D eigenvalue weighted by Crippen LogP contribution is 2.39. The molecule has 2 heterocycles. The lowest BCUT2D eigenvalue weighted by Gasteiger charge is -2.10. The van der Waals surface area contributed by atoms with Gasteiger partial charge in [-0.1, -0.05) is 36.4 Å². The van der Waals surface area contributed by atoms with Crippen molar-refractivity contribution in [2.45, 2.75) is 6.92 Å². The summed E-state index contributed by atoms with van der Waals surface area (Å²) < 4.78 is 6.82. The molecule has 0 aliphatic heterocycles. The summed E-state index contributed by atoms with van der Waals surface area (Å²) in [4.78, 5) is 16.4. The maximum absolute atomic E-state index is 12.3. The molecular weight excluding hydrogens is 342 g/mol. The Morgan fingerprint density at radius 2 is 1.89 bits per heavy atom. The standard InChI is InChI=1S/C21H15N3O3/c1-2-27-21(26)18-20(25)19-17(15(12-22)23-18)14-10-6-7-11-16(14)24(19)13-8-4-3-5-9-13/h3-11,25H,2H2,1H3. The molecule has 2 aromatic carbocycles. The topological polar surface area (TPSA) is 88.1 Å². The first-order valence-electron chi connectivity index (χ1n) is 8.46. The van der Waals surface area contributed by atoms with E-state index in [1.165, 1.54) is 0 Å². The van der Waals surface area contributed by atoms with Crippen molar-refractivity contribution in [1.29, 1.82) is 5.26 Å². The SMILES string of the molecule is CCOC(=O)c1nc(C#N)c2c3ccccc3n(-c3ccccc3)c2c1O. The largest absolute Gasteiger partial charge is 0.504 e. The highest BCUT2D eigenvalue weighted by molar-refractivity contribution is 6.15. The first-order valence-corrected chi connectivity index (χ1v) is 8.46. The van der Waals surface area contributed by atoms with E-state index in [2.05, 4.69) is 4.98 Å². The molecule has 2 aromatic heterocycles. The second kappa shape index (κ2) is 6.46. The molecule has 0 amide bonds. The van der Waals surface area contributed by atoms with Crippen LogP contribution in [0.25, 0.3) is 27.5 Å². The summed E-state index contributed by atoms with van der Waals surface area (Å²) in [6.45, 7) is 1.81. The minimum absolute atomic E-state index is 0.0664. The number of nitrogens with zero attached hydrogens (tertiary/aromatic N) is 3. The zero-order valence-electron chi connectivity index (χ0n) is 14.5. The Balaban J connectivity index is 2.22. The summed E-state index contributed by atoms with van der Waals surface area (Å²) in [5.41, 5.74) is 1.76. The van der Waals surface area contributed by atoms with Crippen molar-refractivity contribution < 1.29 is 14.6 Å². The molecule has 4 rings (SSSR count). The number of rotatable bonds is 3. The maximum Gasteiger partial charge on any atom is 0.360 e. The molecule has 0 saturated heterocycles. The zero-order chi connectivity index (χ0) is 19.0. The van der Waals surface area contributed by atoms with Gasteiger partial charge < -0.3 is 14.4 Å². The summed E-state index contributed by atoms with van der Waals surface area (Å²) in [6, 6.07) is 19.0. The van der Waals surface area contributed by atoms with Gasteiger partial charge in [-0.15, -0.1) is 0 Å². The minimum atomic E-state index is -0.765. The minimum Gasteiger partial charge on any atom is -0.504 e. The highest BCUT2D eigenvalue weighted by atomic mass is 16.5. The van der Waals surface area contributed by atoms with E-state index < -0.39 is 5.97 Å². The van der Waals surface area contributed by atoms with Gasteiger partial charge in [-0.25, -0.2) is 9.78 Å². The van der Waals surface area contributed by atoms with Gasteiger partial charge in [0.15, 0.2) is 17.1 Å². The van der Waals surface area contributed by atoms with Crippen molar-refractivity contribution in [1.82, 2.24) is 9.55 Å². The van der Waals surface area contributed by atoms with Crippen molar-refractivity contribution in [3.63, 3.8) is 0 Å². The molecule has 0 unspecified atom stereocenters. The van der Waals surface area contributed by atoms with Crippen LogP contribution in [0.4, 0.5) is 0 Å². The fourth-order valence-corrected chi connectivity index (χ4v) is 3.30. The predicted molar refractivity (Wildman–Crippen MR) is 101 cm³/mol. The number of hydrogen-bond acceptors (Lipinski definition) is 5. The molecule has 6 heteroatoms. The van der Waals surface area contributed by atoms with E-state index in [0.29, 0.717) is 10.9 Å². The molecule has 0 spiro atoms. The number of nitriles is 1. The molecule has 0 aliphatic rings. The van der Waals surface area contributed by atoms with Crippen LogP contribution >= 0.6 is 0 Å². The first-order chi connectivity index (χ1) is 13.2. The van der Waals surface area contributed by atoms with Gasteiger partial charge >= 0.3 is 5.97 Å². The summed E-state index contributed by atoms with van der Waals surface area (Å²) >= 11 is 0. The Morgan fingerprint density at radius 3 is 2.59 bits per heavy atom. The number of aromatic nitrogens is 2. The fourth-order valence-electron chi connectivity index (χ4n) is 3.30. The van der Waals surface area contributed by atoms with Crippen LogP contribution < -0.4 is 0 Å². The molecule has 4 aromatic rings. The fraction of sp³-hybridized carbons (Fsp3) is 0.0952. The van der Waals surface area contributed by atoms with Crippen LogP contribution in [0.1, 0.15) is 23.1 Å². The third kappa shape index (κ3) is 2.49. The summed E-state index contributed by atoms with van der Waals surface area (Å²) in [5, 5.41) is 21.8. The van der Waals surface area contributed by atoms with Crippen molar-refractivity contribution in [3.05, 3.63) is 66.0 Å². The average molecular weight is 357 g/mol. The molecule has 1 N–H and O–H groups in total. The summed E-state index contributed by atoms with van der Waals surface area (Å²) in [5.74, 6) is -1.07. The van der Waals surface area contributed by atoms with E-state index in [-0.39, 0.29) is 23.7 Å². The van der Waals surface area contributed by atoms with Crippen LogP contribution in [-0.4, -0.2) is 27.2 Å². The highest BCUT2D eigenvalue weighted by Gasteiger charge is 2.26. The molecule has 0 aliphatic carbocycles. The van der Waals surface area contributed by atoms with Crippen molar-refractivity contribution >= 4 is 27.8 Å². The number of para-hydroxylation sites is 2. The van der Waals surface area contributed by atoms with E-state index in [0.717, 1.165) is 16.6 Å². The summed E-state index contributed by atoms with van der Waals surface area (Å²) in [6.07, 6.45) is 0. The van der Waals surface area contributed by atoms with Gasteiger partial charge in [-0.3, -0.25) is 0 Å². The molecule has 0 saturated carbocycles. The third-order valence-corrected chi connectivity index (χ3v) is 4.37. The zero-order valence-corrected chi connectivity index (χ0v) is 14.5. The molecule has 6 nitrogen and oxygen atoms in total. The number of hydrogen-bond donors (Lipinski definition) is 1. The van der Waals surface area contributed by atoms with Crippen LogP contribution in [0.3, 0.4) is 0 Å². The van der Waals surface area contributed by atoms with Crippen LogP contribution in [0.15, 0.2) is 54.6 Å². The number of carbonyl (C=O) groups is 1. The predicted octanol–water partition coefficient (Wildman–Crippen LogP) is 3.93. The monoisotopic (exact) mass is 357 g/mol. The second-order valence-electron chi connectivity index (χ2n) is 5.90. The third-order valence-electron chi connectivity index (χ3n) is 4.37. The van der Waals surface area contributed by atoms with Crippen LogP contribution in [-0.2, 0) is 4.74 Å². The summed E-state index contributed by atoms with van der Waals surface area (Å²) in [7, 11) is 0. The number of benzene rings is 2. The van der Waals surface area contributed by atoms with E-state index in [9.17, 15) is 15.2 Å². The van der Waals surface area contributed by atoms with Gasteiger partial charge in [0.2, 0.25) is 0 Å². The molecule has 0 bridgehead atoms. The van der Waals surface area contributed by atoms with Crippen LogP contribution in [0.5, 0.6) is 5.75 Å². The average Bonchev–Trinajstić information content (AvgIpc) is 3.05. The van der Waals surface area contributed by atoms with Crippen molar-refractivity contribution in [2.24, 2.45) is 0 Å². The lowest BCUT2D eigenvalue weighted by atomic mass is 10.1. The van der Waals surface area contributed by atoms with E-state index in [1.807, 2.05) is 65.2 Å². The van der Waals surface area contributed by atoms with E-state index in [1.54, 1.807) is 6.92 Å². The Hall–Kier alpha value is -3.85. The van der Waals surface area contributed by atoms with E-state index in [4.69, 9.17) is 4.74 Å². The Labute approximate surface area is 154 Å². The number of esters is 1. The Kier molecular flexibility index (Phi) is 3.98. The van der Waals surface area contributed by atoms with Gasteiger partial charge in [0, 0.05) is 16.5 Å². The van der Waals surface area contributed by atoms with E-state index >= 15 is 0 Å². The number of aromatic hydroxyl groups is 1. The van der Waals surface area contributed by atoms with Crippen molar-refractivity contribution in [3.8, 4) is 17.5 Å². The van der Waals surface area contributed by atoms with Gasteiger partial charge in [0.25, 0.3) is 0 Å². The van der Waals surface area contributed by atoms with Gasteiger partial charge in [-0.2, -0.15) is 5.26 Å². The number of carbonyl (C=O) groups excluding carboxylic acids is 1.